The number of nitrogens with zero attached hydrogens (tertiary/aromatic N) is 3. The molecule has 29 heavy (non-hydrogen) atoms. The molecule has 1 aliphatic carbocycles. The van der Waals surface area contributed by atoms with Crippen molar-refractivity contribution in [1.29, 1.82) is 0 Å². The molecule has 0 aromatic carbocycles. The molecule has 4 heterocycles. The van der Waals surface area contributed by atoms with Crippen molar-refractivity contribution in [1.82, 2.24) is 19.8 Å². The molecule has 1 atom stereocenters. The number of hydrogen-bond donors (Lipinski definition) is 1. The fraction of sp³-hybridized carbons (Fsp3) is 0.652. The average Bonchev–Trinajstić information content (AvgIpc) is 3.30. The molecule has 5 rings (SSSR count). The van der Waals surface area contributed by atoms with Crippen molar-refractivity contribution in [3.05, 3.63) is 41.4 Å². The lowest BCUT2D eigenvalue weighted by Gasteiger charge is -2.50. The number of aromatic amines is 1. The second-order valence-corrected chi connectivity index (χ2v) is 9.26. The van der Waals surface area contributed by atoms with Crippen LogP contribution in [0, 0.1) is 12.8 Å². The van der Waals surface area contributed by atoms with E-state index in [1.54, 1.807) is 0 Å². The Bertz CT molecular complexity index is 873. The van der Waals surface area contributed by atoms with Gasteiger partial charge in [-0.1, -0.05) is 6.92 Å². The number of nitrogens with one attached hydrogen (secondary N) is 1. The molecule has 2 aliphatic heterocycles. The number of rotatable bonds is 5. The van der Waals surface area contributed by atoms with Crippen molar-refractivity contribution in [2.45, 2.75) is 63.8 Å². The number of hydrogen-bond acceptors (Lipinski definition) is 4. The van der Waals surface area contributed by atoms with Gasteiger partial charge in [0.25, 0.3) is 0 Å². The summed E-state index contributed by atoms with van der Waals surface area (Å²) in [5, 5.41) is 0. The first kappa shape index (κ1) is 18.9. The molecule has 2 aromatic rings. The first-order chi connectivity index (χ1) is 14.1. The Morgan fingerprint density at radius 1 is 1.31 bits per heavy atom. The van der Waals surface area contributed by atoms with E-state index in [9.17, 15) is 4.79 Å². The number of carbonyl (C=O) groups is 1. The third-order valence-electron chi connectivity index (χ3n) is 7.26. The van der Waals surface area contributed by atoms with Crippen LogP contribution in [0.25, 0.3) is 0 Å². The molecule has 1 N–H and O–H groups in total. The summed E-state index contributed by atoms with van der Waals surface area (Å²) in [5.41, 5.74) is 2.17. The Labute approximate surface area is 172 Å². The Kier molecular flexibility index (Phi) is 4.77. The van der Waals surface area contributed by atoms with Gasteiger partial charge in [0.1, 0.15) is 11.5 Å². The number of imidazole rings is 1. The summed E-state index contributed by atoms with van der Waals surface area (Å²) < 4.78 is 5.80. The average molecular weight is 397 g/mol. The topological polar surface area (TPSA) is 65.4 Å². The van der Waals surface area contributed by atoms with Gasteiger partial charge in [-0.2, -0.15) is 0 Å². The zero-order valence-electron chi connectivity index (χ0n) is 17.6. The van der Waals surface area contributed by atoms with E-state index in [-0.39, 0.29) is 11.5 Å². The van der Waals surface area contributed by atoms with Crippen molar-refractivity contribution in [3.63, 3.8) is 0 Å². The Hall–Kier alpha value is -2.08. The van der Waals surface area contributed by atoms with Gasteiger partial charge < -0.3 is 19.2 Å². The summed E-state index contributed by atoms with van der Waals surface area (Å²) in [6.45, 7) is 8.19. The Morgan fingerprint density at radius 3 is 2.79 bits per heavy atom. The molecule has 156 valence electrons. The van der Waals surface area contributed by atoms with Crippen LogP contribution in [-0.2, 0) is 16.8 Å². The van der Waals surface area contributed by atoms with Crippen molar-refractivity contribution in [3.8, 4) is 0 Å². The van der Waals surface area contributed by atoms with Gasteiger partial charge >= 0.3 is 0 Å². The molecule has 1 spiro atoms. The minimum Gasteiger partial charge on any atom is -0.466 e. The maximum absolute atomic E-state index is 13.1. The van der Waals surface area contributed by atoms with E-state index in [2.05, 4.69) is 27.8 Å². The van der Waals surface area contributed by atoms with E-state index in [0.29, 0.717) is 11.8 Å². The summed E-state index contributed by atoms with van der Waals surface area (Å²) >= 11 is 0. The first-order valence-corrected chi connectivity index (χ1v) is 11.2. The zero-order valence-corrected chi connectivity index (χ0v) is 17.6. The van der Waals surface area contributed by atoms with Gasteiger partial charge in [0.05, 0.1) is 17.6 Å². The van der Waals surface area contributed by atoms with Gasteiger partial charge in [0, 0.05) is 43.6 Å². The molecule has 3 aliphatic rings. The second-order valence-electron chi connectivity index (χ2n) is 9.26. The number of amides is 1. The highest BCUT2D eigenvalue weighted by atomic mass is 16.3. The molecule has 0 radical (unpaired) electrons. The van der Waals surface area contributed by atoms with Crippen LogP contribution in [0.3, 0.4) is 0 Å². The largest absolute Gasteiger partial charge is 0.466 e. The Morgan fingerprint density at radius 2 is 2.10 bits per heavy atom. The maximum Gasteiger partial charge on any atom is 0.226 e. The zero-order chi connectivity index (χ0) is 20.0. The van der Waals surface area contributed by atoms with Gasteiger partial charge in [-0.05, 0) is 57.7 Å². The summed E-state index contributed by atoms with van der Waals surface area (Å²) in [6, 6.07) is 4.15. The highest BCUT2D eigenvalue weighted by Crippen LogP contribution is 2.45. The van der Waals surface area contributed by atoms with Gasteiger partial charge in [0.2, 0.25) is 5.91 Å². The summed E-state index contributed by atoms with van der Waals surface area (Å²) in [5.74, 6) is 3.14. The second kappa shape index (κ2) is 7.31. The van der Waals surface area contributed by atoms with Crippen LogP contribution < -0.4 is 0 Å². The molecule has 6 heteroatoms. The lowest BCUT2D eigenvalue weighted by molar-refractivity contribution is -0.143. The molecular formula is C23H32N4O2. The number of furan rings is 1. The number of likely N-dealkylation sites (tertiary alicyclic amines) is 1. The van der Waals surface area contributed by atoms with Crippen LogP contribution in [0.4, 0.5) is 0 Å². The van der Waals surface area contributed by atoms with E-state index >= 15 is 0 Å². The molecule has 0 bridgehead atoms. The Balaban J connectivity index is 1.26. The van der Waals surface area contributed by atoms with Crippen LogP contribution in [0.2, 0.25) is 0 Å². The van der Waals surface area contributed by atoms with Crippen molar-refractivity contribution < 1.29 is 9.21 Å². The SMILES string of the molecule is Cc1ccc(C(C)CCN2CCC3(CC2)c2nc[nH]c2CCN3C(=O)C2CC2)o1. The van der Waals surface area contributed by atoms with E-state index in [1.807, 2.05) is 19.3 Å². The van der Waals surface area contributed by atoms with E-state index < -0.39 is 0 Å². The van der Waals surface area contributed by atoms with Crippen LogP contribution in [0.5, 0.6) is 0 Å². The van der Waals surface area contributed by atoms with E-state index in [0.717, 1.165) is 81.9 Å². The van der Waals surface area contributed by atoms with E-state index in [1.165, 1.54) is 5.69 Å². The molecule has 2 aromatic heterocycles. The van der Waals surface area contributed by atoms with Crippen molar-refractivity contribution in [2.24, 2.45) is 5.92 Å². The molecule has 1 saturated heterocycles. The van der Waals surface area contributed by atoms with Crippen LogP contribution in [0.15, 0.2) is 22.9 Å². The summed E-state index contributed by atoms with van der Waals surface area (Å²) in [6.07, 6.45) is 7.91. The standard InChI is InChI=1S/C23H32N4O2/c1-16(20-6-3-17(2)29-20)7-11-26-13-9-23(10-14-26)21-19(24-15-25-21)8-12-27(23)22(28)18-4-5-18/h3,6,15-16,18H,4-5,7-14H2,1-2H3,(H,24,25). The smallest absolute Gasteiger partial charge is 0.226 e. The summed E-state index contributed by atoms with van der Waals surface area (Å²) in [4.78, 5) is 25.9. The lowest BCUT2D eigenvalue weighted by Crippen LogP contribution is -2.58. The first-order valence-electron chi connectivity index (χ1n) is 11.2. The highest BCUT2D eigenvalue weighted by Gasteiger charge is 2.50. The predicted molar refractivity (Wildman–Crippen MR) is 111 cm³/mol. The van der Waals surface area contributed by atoms with Gasteiger partial charge in [0.15, 0.2) is 0 Å². The van der Waals surface area contributed by atoms with Crippen LogP contribution in [-0.4, -0.2) is 51.9 Å². The number of H-pyrrole nitrogens is 1. The summed E-state index contributed by atoms with van der Waals surface area (Å²) in [7, 11) is 0. The predicted octanol–water partition coefficient (Wildman–Crippen LogP) is 3.59. The molecule has 2 fully saturated rings. The fourth-order valence-electron chi connectivity index (χ4n) is 5.24. The highest BCUT2D eigenvalue weighted by molar-refractivity contribution is 5.82. The molecule has 1 saturated carbocycles. The van der Waals surface area contributed by atoms with Gasteiger partial charge in [-0.15, -0.1) is 0 Å². The number of piperidine rings is 1. The molecular weight excluding hydrogens is 364 g/mol. The third kappa shape index (κ3) is 3.41. The maximum atomic E-state index is 13.1. The van der Waals surface area contributed by atoms with Crippen LogP contribution in [0.1, 0.15) is 67.9 Å². The quantitative estimate of drug-likeness (QED) is 0.839. The molecule has 1 amide bonds. The lowest BCUT2D eigenvalue weighted by atomic mass is 9.78. The fourth-order valence-corrected chi connectivity index (χ4v) is 5.24. The minimum atomic E-state index is -0.201. The van der Waals surface area contributed by atoms with Crippen LogP contribution >= 0.6 is 0 Å². The number of aromatic nitrogens is 2. The monoisotopic (exact) mass is 396 g/mol. The number of fused-ring (bicyclic) bond motifs is 2. The minimum absolute atomic E-state index is 0.201. The normalized spacial score (nSPS) is 22.6. The van der Waals surface area contributed by atoms with Crippen molar-refractivity contribution >= 4 is 5.91 Å². The molecule has 1 unspecified atom stereocenters. The van der Waals surface area contributed by atoms with Gasteiger partial charge in [-0.25, -0.2) is 4.98 Å². The van der Waals surface area contributed by atoms with E-state index in [4.69, 9.17) is 9.40 Å². The van der Waals surface area contributed by atoms with Gasteiger partial charge in [-0.3, -0.25) is 4.79 Å². The number of carbonyl (C=O) groups excluding carboxylic acids is 1. The third-order valence-corrected chi connectivity index (χ3v) is 7.26. The number of aryl methyl sites for hydroxylation is 1. The molecule has 6 nitrogen and oxygen atoms in total. The van der Waals surface area contributed by atoms with Crippen molar-refractivity contribution in [2.75, 3.05) is 26.2 Å².